The van der Waals surface area contributed by atoms with Crippen molar-refractivity contribution in [2.75, 3.05) is 6.54 Å². The maximum Gasteiger partial charge on any atom is 0.109 e. The predicted octanol–water partition coefficient (Wildman–Crippen LogP) is 4.81. The van der Waals surface area contributed by atoms with Crippen LogP contribution in [0.2, 0.25) is 0 Å². The first-order valence-electron chi connectivity index (χ1n) is 6.36. The zero-order valence-corrected chi connectivity index (χ0v) is 12.8. The van der Waals surface area contributed by atoms with Gasteiger partial charge in [0.2, 0.25) is 0 Å². The van der Waals surface area contributed by atoms with Crippen molar-refractivity contribution in [3.05, 3.63) is 40.0 Å². The van der Waals surface area contributed by atoms with E-state index < -0.39 is 0 Å². The monoisotopic (exact) mass is 306 g/mol. The highest BCUT2D eigenvalue weighted by Crippen LogP contribution is 2.26. The molecule has 0 aromatic heterocycles. The summed E-state index contributed by atoms with van der Waals surface area (Å²) >= 11 is 3.49. The highest BCUT2D eigenvalue weighted by molar-refractivity contribution is 9.10. The van der Waals surface area contributed by atoms with Crippen LogP contribution in [0, 0.1) is 6.92 Å². The van der Waals surface area contributed by atoms with Gasteiger partial charge in [-0.15, -0.1) is 0 Å². The summed E-state index contributed by atoms with van der Waals surface area (Å²) in [5.74, 6) is 1.19. The fraction of sp³-hybridized carbons (Fsp3) is 0.400. The van der Waals surface area contributed by atoms with E-state index in [-0.39, 0.29) is 0 Å². The van der Waals surface area contributed by atoms with Gasteiger partial charge in [-0.05, 0) is 51.0 Å². The van der Waals surface area contributed by atoms with Crippen molar-refractivity contribution < 1.29 is 0 Å². The molecule has 1 aliphatic heterocycles. The lowest BCUT2D eigenvalue weighted by Crippen LogP contribution is -2.22. The number of nitrogens with zero attached hydrogens (tertiary/aromatic N) is 2. The van der Waals surface area contributed by atoms with Gasteiger partial charge in [0.05, 0.1) is 5.69 Å². The molecule has 0 bridgehead atoms. The molecule has 3 heteroatoms. The van der Waals surface area contributed by atoms with Gasteiger partial charge in [-0.3, -0.25) is 0 Å². The molecule has 0 unspecified atom stereocenters. The second-order valence-electron chi connectivity index (χ2n) is 4.64. The van der Waals surface area contributed by atoms with Crippen LogP contribution in [0.5, 0.6) is 0 Å². The van der Waals surface area contributed by atoms with Gasteiger partial charge in [0.15, 0.2) is 0 Å². The molecule has 0 amide bonds. The molecule has 0 spiro atoms. The Morgan fingerprint density at radius 3 is 2.89 bits per heavy atom. The van der Waals surface area contributed by atoms with Crippen LogP contribution in [0.4, 0.5) is 5.69 Å². The smallest absolute Gasteiger partial charge is 0.109 e. The number of rotatable bonds is 2. The minimum absolute atomic E-state index is 1.07. The van der Waals surface area contributed by atoms with Crippen molar-refractivity contribution in [1.29, 1.82) is 0 Å². The number of aliphatic imine (C=N–C) groups is 1. The molecule has 0 aliphatic carbocycles. The molecule has 1 aromatic rings. The molecular weight excluding hydrogens is 288 g/mol. The predicted molar refractivity (Wildman–Crippen MR) is 81.3 cm³/mol. The molecule has 0 saturated carbocycles. The van der Waals surface area contributed by atoms with Crippen LogP contribution in [-0.2, 0) is 0 Å². The molecule has 0 N–H and O–H groups in total. The van der Waals surface area contributed by atoms with E-state index in [2.05, 4.69) is 59.8 Å². The first-order valence-corrected chi connectivity index (χ1v) is 7.15. The standard InChI is InChI=1S/C15H19BrN2/c1-4-12(3)18-9-5-6-15(18)17-14-8-7-13(16)10-11(14)2/h4,7-8,10H,5-6,9H2,1-3H3/b12-4-,17-15?. The Morgan fingerprint density at radius 1 is 1.44 bits per heavy atom. The van der Waals surface area contributed by atoms with E-state index in [0.29, 0.717) is 0 Å². The Hall–Kier alpha value is -1.09. The summed E-state index contributed by atoms with van der Waals surface area (Å²) in [6, 6.07) is 6.24. The minimum atomic E-state index is 1.07. The zero-order valence-electron chi connectivity index (χ0n) is 11.2. The van der Waals surface area contributed by atoms with Gasteiger partial charge < -0.3 is 4.90 Å². The summed E-state index contributed by atoms with van der Waals surface area (Å²) in [5.41, 5.74) is 3.58. The van der Waals surface area contributed by atoms with Crippen LogP contribution in [-0.4, -0.2) is 17.3 Å². The quantitative estimate of drug-likeness (QED) is 0.766. The number of halogens is 1. The maximum atomic E-state index is 4.83. The Balaban J connectivity index is 2.32. The van der Waals surface area contributed by atoms with E-state index in [0.717, 1.165) is 23.1 Å². The fourth-order valence-corrected chi connectivity index (χ4v) is 2.67. The average Bonchev–Trinajstić information content (AvgIpc) is 2.80. The van der Waals surface area contributed by atoms with Gasteiger partial charge in [0.1, 0.15) is 5.84 Å². The van der Waals surface area contributed by atoms with E-state index >= 15 is 0 Å². The third-order valence-electron chi connectivity index (χ3n) is 3.35. The fourth-order valence-electron chi connectivity index (χ4n) is 2.19. The molecule has 0 radical (unpaired) electrons. The van der Waals surface area contributed by atoms with E-state index in [4.69, 9.17) is 4.99 Å². The highest BCUT2D eigenvalue weighted by atomic mass is 79.9. The molecule has 96 valence electrons. The molecule has 1 heterocycles. The van der Waals surface area contributed by atoms with Crippen molar-refractivity contribution in [2.24, 2.45) is 4.99 Å². The number of aryl methyl sites for hydroxylation is 1. The number of likely N-dealkylation sites (tertiary alicyclic amines) is 1. The van der Waals surface area contributed by atoms with E-state index in [1.54, 1.807) is 0 Å². The molecule has 2 nitrogen and oxygen atoms in total. The van der Waals surface area contributed by atoms with Gasteiger partial charge in [-0.2, -0.15) is 0 Å². The highest BCUT2D eigenvalue weighted by Gasteiger charge is 2.19. The van der Waals surface area contributed by atoms with E-state index in [1.165, 1.54) is 23.5 Å². The maximum absolute atomic E-state index is 4.83. The summed E-state index contributed by atoms with van der Waals surface area (Å²) in [5, 5.41) is 0. The van der Waals surface area contributed by atoms with Crippen LogP contribution in [0.15, 0.2) is 39.4 Å². The number of amidine groups is 1. The SMILES string of the molecule is C/C=C(/C)N1CCCC1=Nc1ccc(Br)cc1C. The van der Waals surface area contributed by atoms with Crippen LogP contribution in [0.25, 0.3) is 0 Å². The normalized spacial score (nSPS) is 18.8. The first-order chi connectivity index (χ1) is 8.61. The van der Waals surface area contributed by atoms with Crippen molar-refractivity contribution in [3.63, 3.8) is 0 Å². The third kappa shape index (κ3) is 2.83. The molecule has 1 fully saturated rings. The van der Waals surface area contributed by atoms with Crippen LogP contribution >= 0.6 is 15.9 Å². The van der Waals surface area contributed by atoms with Gasteiger partial charge in [0.25, 0.3) is 0 Å². The summed E-state index contributed by atoms with van der Waals surface area (Å²) in [6.45, 7) is 7.42. The molecular formula is C15H19BrN2. The van der Waals surface area contributed by atoms with Gasteiger partial charge in [-0.25, -0.2) is 4.99 Å². The van der Waals surface area contributed by atoms with E-state index in [1.807, 2.05) is 6.07 Å². The van der Waals surface area contributed by atoms with Crippen molar-refractivity contribution in [1.82, 2.24) is 4.90 Å². The molecule has 2 rings (SSSR count). The lowest BCUT2D eigenvalue weighted by molar-refractivity contribution is 0.555. The van der Waals surface area contributed by atoms with Crippen molar-refractivity contribution in [2.45, 2.75) is 33.6 Å². The third-order valence-corrected chi connectivity index (χ3v) is 3.84. The van der Waals surface area contributed by atoms with Gasteiger partial charge in [-0.1, -0.05) is 22.0 Å². The molecule has 18 heavy (non-hydrogen) atoms. The topological polar surface area (TPSA) is 15.6 Å². The van der Waals surface area contributed by atoms with Crippen LogP contribution < -0.4 is 0 Å². The number of hydrogen-bond donors (Lipinski definition) is 0. The van der Waals surface area contributed by atoms with Crippen molar-refractivity contribution in [3.8, 4) is 0 Å². The second-order valence-corrected chi connectivity index (χ2v) is 5.56. The molecule has 1 aromatic carbocycles. The van der Waals surface area contributed by atoms with Crippen LogP contribution in [0.1, 0.15) is 32.3 Å². The minimum Gasteiger partial charge on any atom is -0.334 e. The largest absolute Gasteiger partial charge is 0.334 e. The number of allylic oxidation sites excluding steroid dienone is 2. The summed E-state index contributed by atoms with van der Waals surface area (Å²) in [6.07, 6.45) is 4.41. The van der Waals surface area contributed by atoms with Crippen molar-refractivity contribution >= 4 is 27.5 Å². The lowest BCUT2D eigenvalue weighted by atomic mass is 10.2. The van der Waals surface area contributed by atoms with Crippen LogP contribution in [0.3, 0.4) is 0 Å². The first kappa shape index (κ1) is 13.3. The summed E-state index contributed by atoms with van der Waals surface area (Å²) < 4.78 is 1.11. The zero-order chi connectivity index (χ0) is 13.1. The number of hydrogen-bond acceptors (Lipinski definition) is 1. The van der Waals surface area contributed by atoms with E-state index in [9.17, 15) is 0 Å². The Morgan fingerprint density at radius 2 is 2.22 bits per heavy atom. The molecule has 1 saturated heterocycles. The summed E-state index contributed by atoms with van der Waals surface area (Å²) in [4.78, 5) is 7.15. The summed E-state index contributed by atoms with van der Waals surface area (Å²) in [7, 11) is 0. The molecule has 1 aliphatic rings. The van der Waals surface area contributed by atoms with Gasteiger partial charge >= 0.3 is 0 Å². The second kappa shape index (κ2) is 5.70. The molecule has 0 atom stereocenters. The Bertz CT molecular complexity index is 503. The lowest BCUT2D eigenvalue weighted by Gasteiger charge is -2.19. The van der Waals surface area contributed by atoms with Gasteiger partial charge in [0, 0.05) is 23.1 Å². The number of benzene rings is 1. The Labute approximate surface area is 118 Å². The average molecular weight is 307 g/mol. The Kier molecular flexibility index (Phi) is 4.23.